The van der Waals surface area contributed by atoms with E-state index in [0.717, 1.165) is 57.8 Å². The summed E-state index contributed by atoms with van der Waals surface area (Å²) in [5, 5.41) is 63.2. The summed E-state index contributed by atoms with van der Waals surface area (Å²) >= 11 is 0. The van der Waals surface area contributed by atoms with Gasteiger partial charge in [0.15, 0.2) is 11.2 Å². The van der Waals surface area contributed by atoms with Gasteiger partial charge in [-0.2, -0.15) is 0 Å². The van der Waals surface area contributed by atoms with Gasteiger partial charge in [-0.25, -0.2) is 0 Å². The second kappa shape index (κ2) is 15.9. The van der Waals surface area contributed by atoms with Crippen LogP contribution in [0.2, 0.25) is 0 Å². The van der Waals surface area contributed by atoms with Crippen LogP contribution < -0.4 is 0 Å². The number of carbonyl (C=O) groups is 2. The standard InChI is InChI=1S/C26H48O9/c1-4-6-8-10-12-13-15-18(27)23(32)26(25(33)34,19(28)16-14-11-9-7-5-2)24-22(31)21(30)20(29)17(3)35-24/h17-22,24,27-31H,4-16H2,1-3H3,(H,33,34)/t17-,18?,19?,20-,21+,22+,24?,26?/m0/s1. The number of carboxylic acids is 1. The van der Waals surface area contributed by atoms with Crippen LogP contribution in [0.15, 0.2) is 0 Å². The number of hydrogen-bond acceptors (Lipinski definition) is 8. The molecule has 8 atom stereocenters. The number of ketones is 1. The molecule has 0 amide bonds. The van der Waals surface area contributed by atoms with Crippen LogP contribution in [0.5, 0.6) is 0 Å². The fourth-order valence-corrected chi connectivity index (χ4v) is 4.99. The molecule has 0 aromatic heterocycles. The van der Waals surface area contributed by atoms with Gasteiger partial charge in [-0.05, 0) is 19.8 Å². The minimum atomic E-state index is -2.69. The van der Waals surface area contributed by atoms with E-state index in [9.17, 15) is 40.2 Å². The minimum Gasteiger partial charge on any atom is -0.480 e. The highest BCUT2D eigenvalue weighted by atomic mass is 16.5. The lowest BCUT2D eigenvalue weighted by Gasteiger charge is -2.48. The number of aliphatic hydroxyl groups excluding tert-OH is 5. The number of carboxylic acid groups (broad SMARTS) is 1. The molecule has 0 saturated carbocycles. The molecular weight excluding hydrogens is 456 g/mol. The zero-order valence-corrected chi connectivity index (χ0v) is 21.6. The molecule has 1 aliphatic rings. The highest BCUT2D eigenvalue weighted by Crippen LogP contribution is 2.41. The number of aliphatic carboxylic acids is 1. The van der Waals surface area contributed by atoms with Gasteiger partial charge in [0.05, 0.1) is 12.2 Å². The van der Waals surface area contributed by atoms with Gasteiger partial charge in [0.2, 0.25) is 0 Å². The fourth-order valence-electron chi connectivity index (χ4n) is 4.99. The summed E-state index contributed by atoms with van der Waals surface area (Å²) < 4.78 is 5.58. The van der Waals surface area contributed by atoms with E-state index < -0.39 is 59.9 Å². The molecule has 0 radical (unpaired) electrons. The summed E-state index contributed by atoms with van der Waals surface area (Å²) in [6.45, 7) is 5.53. The summed E-state index contributed by atoms with van der Waals surface area (Å²) in [7, 11) is 0. The van der Waals surface area contributed by atoms with Crippen LogP contribution in [-0.2, 0) is 14.3 Å². The molecule has 1 saturated heterocycles. The average molecular weight is 505 g/mol. The van der Waals surface area contributed by atoms with Crippen LogP contribution in [0.4, 0.5) is 0 Å². The van der Waals surface area contributed by atoms with Crippen molar-refractivity contribution in [1.82, 2.24) is 0 Å². The summed E-state index contributed by atoms with van der Waals surface area (Å²) in [6.07, 6.45) is -2.15. The molecule has 1 heterocycles. The van der Waals surface area contributed by atoms with Gasteiger partial charge in [0.1, 0.15) is 30.5 Å². The molecule has 9 heteroatoms. The van der Waals surface area contributed by atoms with Crippen LogP contribution in [-0.4, -0.2) is 85.1 Å². The quantitative estimate of drug-likeness (QED) is 0.121. The molecule has 0 bridgehead atoms. The molecule has 0 aromatic rings. The van der Waals surface area contributed by atoms with Gasteiger partial charge >= 0.3 is 5.97 Å². The SMILES string of the molecule is CCCCCCCCC(O)C(=O)C(C(=O)O)(C(O)CCCCCCC)C1O[C@@H](C)[C@H](O)[C@@H](O)[C@H]1O. The van der Waals surface area contributed by atoms with Crippen molar-refractivity contribution in [3.05, 3.63) is 0 Å². The van der Waals surface area contributed by atoms with Gasteiger partial charge in [0.25, 0.3) is 0 Å². The van der Waals surface area contributed by atoms with Crippen LogP contribution in [0.1, 0.15) is 104 Å². The Labute approximate surface area is 209 Å². The highest BCUT2D eigenvalue weighted by molar-refractivity contribution is 6.06. The van der Waals surface area contributed by atoms with Gasteiger partial charge < -0.3 is 35.4 Å². The topological polar surface area (TPSA) is 165 Å². The molecule has 206 valence electrons. The number of Topliss-reactive ketones (excluding diaryl/α,β-unsaturated/α-hetero) is 1. The molecule has 35 heavy (non-hydrogen) atoms. The van der Waals surface area contributed by atoms with Crippen molar-refractivity contribution >= 4 is 11.8 Å². The lowest BCUT2D eigenvalue weighted by molar-refractivity contribution is -0.257. The predicted octanol–water partition coefficient (Wildman–Crippen LogP) is 2.33. The van der Waals surface area contributed by atoms with Crippen molar-refractivity contribution in [1.29, 1.82) is 0 Å². The van der Waals surface area contributed by atoms with E-state index in [1.165, 1.54) is 6.92 Å². The molecule has 1 fully saturated rings. The van der Waals surface area contributed by atoms with Crippen LogP contribution >= 0.6 is 0 Å². The summed E-state index contributed by atoms with van der Waals surface area (Å²) in [5.74, 6) is -2.87. The molecule has 0 aliphatic carbocycles. The Hall–Kier alpha value is -1.10. The van der Waals surface area contributed by atoms with E-state index in [2.05, 4.69) is 13.8 Å². The normalized spacial score (nSPS) is 28.3. The Morgan fingerprint density at radius 2 is 1.26 bits per heavy atom. The Kier molecular flexibility index (Phi) is 14.5. The minimum absolute atomic E-state index is 0.0206. The fraction of sp³-hybridized carbons (Fsp3) is 0.923. The highest BCUT2D eigenvalue weighted by Gasteiger charge is 2.64. The maximum atomic E-state index is 13.6. The third kappa shape index (κ3) is 8.20. The first kappa shape index (κ1) is 31.9. The predicted molar refractivity (Wildman–Crippen MR) is 131 cm³/mol. The Balaban J connectivity index is 3.18. The maximum Gasteiger partial charge on any atom is 0.322 e. The van der Waals surface area contributed by atoms with Gasteiger partial charge in [-0.1, -0.05) is 84.5 Å². The Morgan fingerprint density at radius 3 is 1.77 bits per heavy atom. The maximum absolute atomic E-state index is 13.6. The molecule has 1 aliphatic heterocycles. The van der Waals surface area contributed by atoms with Crippen molar-refractivity contribution in [2.75, 3.05) is 0 Å². The van der Waals surface area contributed by atoms with E-state index in [-0.39, 0.29) is 12.8 Å². The smallest absolute Gasteiger partial charge is 0.322 e. The summed E-state index contributed by atoms with van der Waals surface area (Å²) in [5.41, 5.74) is -2.69. The largest absolute Gasteiger partial charge is 0.480 e. The molecule has 6 N–H and O–H groups in total. The van der Waals surface area contributed by atoms with E-state index in [0.29, 0.717) is 12.8 Å². The number of aliphatic hydroxyl groups is 5. The lowest BCUT2D eigenvalue weighted by Crippen LogP contribution is -2.69. The monoisotopic (exact) mass is 504 g/mol. The first-order valence-corrected chi connectivity index (χ1v) is 13.4. The summed E-state index contributed by atoms with van der Waals surface area (Å²) in [4.78, 5) is 26.3. The van der Waals surface area contributed by atoms with Crippen molar-refractivity contribution in [2.45, 2.75) is 147 Å². The van der Waals surface area contributed by atoms with Gasteiger partial charge in [-0.15, -0.1) is 0 Å². The number of rotatable bonds is 18. The van der Waals surface area contributed by atoms with Gasteiger partial charge in [-0.3, -0.25) is 9.59 Å². The Morgan fingerprint density at radius 1 is 0.771 bits per heavy atom. The van der Waals surface area contributed by atoms with Crippen LogP contribution in [0.25, 0.3) is 0 Å². The number of unbranched alkanes of at least 4 members (excludes halogenated alkanes) is 9. The second-order valence-electron chi connectivity index (χ2n) is 10.1. The number of hydrogen-bond donors (Lipinski definition) is 6. The van der Waals surface area contributed by atoms with Crippen molar-refractivity contribution in [2.24, 2.45) is 5.41 Å². The molecule has 0 aromatic carbocycles. The zero-order valence-electron chi connectivity index (χ0n) is 21.6. The van der Waals surface area contributed by atoms with E-state index in [4.69, 9.17) is 4.74 Å². The first-order valence-electron chi connectivity index (χ1n) is 13.4. The molecule has 1 rings (SSSR count). The van der Waals surface area contributed by atoms with Crippen LogP contribution in [0.3, 0.4) is 0 Å². The third-order valence-electron chi connectivity index (χ3n) is 7.30. The number of carbonyl (C=O) groups excluding carboxylic acids is 1. The average Bonchev–Trinajstić information content (AvgIpc) is 2.82. The van der Waals surface area contributed by atoms with Crippen LogP contribution in [0, 0.1) is 5.41 Å². The summed E-state index contributed by atoms with van der Waals surface area (Å²) in [6, 6.07) is 0. The molecule has 0 spiro atoms. The molecule has 4 unspecified atom stereocenters. The zero-order chi connectivity index (χ0) is 26.6. The van der Waals surface area contributed by atoms with Crippen molar-refractivity contribution in [3.8, 4) is 0 Å². The number of ether oxygens (including phenoxy) is 1. The van der Waals surface area contributed by atoms with Crippen molar-refractivity contribution in [3.63, 3.8) is 0 Å². The third-order valence-corrected chi connectivity index (χ3v) is 7.30. The molecule has 9 nitrogen and oxygen atoms in total. The van der Waals surface area contributed by atoms with E-state index >= 15 is 0 Å². The van der Waals surface area contributed by atoms with Gasteiger partial charge in [0, 0.05) is 0 Å². The molecular formula is C26H48O9. The lowest BCUT2D eigenvalue weighted by atomic mass is 9.66. The Bertz CT molecular complexity index is 628. The van der Waals surface area contributed by atoms with E-state index in [1.807, 2.05) is 0 Å². The second-order valence-corrected chi connectivity index (χ2v) is 10.1. The first-order chi connectivity index (χ1) is 16.6. The van der Waals surface area contributed by atoms with E-state index in [1.54, 1.807) is 0 Å². The van der Waals surface area contributed by atoms with Crippen molar-refractivity contribution < 1.29 is 45.0 Å².